The van der Waals surface area contributed by atoms with Crippen LogP contribution in [0.5, 0.6) is 0 Å². The van der Waals surface area contributed by atoms with E-state index in [0.717, 1.165) is 18.8 Å². The van der Waals surface area contributed by atoms with Crippen molar-refractivity contribution in [3.8, 4) is 0 Å². The lowest BCUT2D eigenvalue weighted by Gasteiger charge is -1.99. The minimum Gasteiger partial charge on any atom is -0.378 e. The standard InChI is InChI=1S/C11H15N3S/c1-3-14-8-10(6-13-14)12-7-11-5-4-9(2)15-11/h4-6,8,12H,3,7H2,1-2H3. The van der Waals surface area contributed by atoms with Gasteiger partial charge < -0.3 is 5.32 Å². The zero-order valence-corrected chi connectivity index (χ0v) is 9.84. The zero-order chi connectivity index (χ0) is 10.7. The van der Waals surface area contributed by atoms with Crippen LogP contribution in [-0.4, -0.2) is 9.78 Å². The predicted octanol–water partition coefficient (Wildman–Crippen LogP) is 2.89. The molecule has 0 unspecified atom stereocenters. The van der Waals surface area contributed by atoms with Crippen LogP contribution in [0.1, 0.15) is 16.7 Å². The van der Waals surface area contributed by atoms with E-state index in [0.29, 0.717) is 0 Å². The Morgan fingerprint density at radius 2 is 2.33 bits per heavy atom. The van der Waals surface area contributed by atoms with E-state index in [-0.39, 0.29) is 0 Å². The lowest BCUT2D eigenvalue weighted by molar-refractivity contribution is 0.660. The number of hydrogen-bond acceptors (Lipinski definition) is 3. The maximum absolute atomic E-state index is 4.21. The first kappa shape index (κ1) is 10.2. The molecule has 0 aromatic carbocycles. The third-order valence-corrected chi connectivity index (χ3v) is 3.22. The maximum atomic E-state index is 4.21. The van der Waals surface area contributed by atoms with Crippen molar-refractivity contribution in [2.24, 2.45) is 0 Å². The Labute approximate surface area is 93.7 Å². The second kappa shape index (κ2) is 4.49. The highest BCUT2D eigenvalue weighted by molar-refractivity contribution is 7.11. The average Bonchev–Trinajstić information content (AvgIpc) is 2.83. The molecule has 80 valence electrons. The summed E-state index contributed by atoms with van der Waals surface area (Å²) < 4.78 is 1.92. The summed E-state index contributed by atoms with van der Waals surface area (Å²) in [5.41, 5.74) is 1.09. The van der Waals surface area contributed by atoms with Crippen LogP contribution in [0.3, 0.4) is 0 Å². The summed E-state index contributed by atoms with van der Waals surface area (Å²) in [7, 11) is 0. The van der Waals surface area contributed by atoms with Gasteiger partial charge in [0, 0.05) is 29.0 Å². The first-order valence-corrected chi connectivity index (χ1v) is 5.91. The van der Waals surface area contributed by atoms with E-state index in [4.69, 9.17) is 0 Å². The van der Waals surface area contributed by atoms with Crippen LogP contribution in [0.15, 0.2) is 24.5 Å². The molecule has 1 N–H and O–H groups in total. The largest absolute Gasteiger partial charge is 0.378 e. The third kappa shape index (κ3) is 2.59. The van der Waals surface area contributed by atoms with Gasteiger partial charge in [0.15, 0.2) is 0 Å². The Hall–Kier alpha value is -1.29. The van der Waals surface area contributed by atoms with Gasteiger partial charge in [-0.1, -0.05) is 0 Å². The van der Waals surface area contributed by atoms with E-state index in [1.165, 1.54) is 9.75 Å². The first-order chi connectivity index (χ1) is 7.28. The molecule has 2 aromatic rings. The minimum atomic E-state index is 0.883. The Bertz CT molecular complexity index is 430. The van der Waals surface area contributed by atoms with Crippen molar-refractivity contribution < 1.29 is 0 Å². The number of anilines is 1. The van der Waals surface area contributed by atoms with Crippen LogP contribution in [0.4, 0.5) is 5.69 Å². The summed E-state index contributed by atoms with van der Waals surface area (Å²) in [4.78, 5) is 2.72. The van der Waals surface area contributed by atoms with E-state index in [2.05, 4.69) is 36.4 Å². The molecule has 15 heavy (non-hydrogen) atoms. The molecule has 2 heterocycles. The van der Waals surface area contributed by atoms with Crippen LogP contribution in [-0.2, 0) is 13.1 Å². The minimum absolute atomic E-state index is 0.883. The van der Waals surface area contributed by atoms with E-state index < -0.39 is 0 Å². The van der Waals surface area contributed by atoms with Crippen molar-refractivity contribution in [1.29, 1.82) is 0 Å². The van der Waals surface area contributed by atoms with Crippen LogP contribution in [0.2, 0.25) is 0 Å². The van der Waals surface area contributed by atoms with Crippen molar-refractivity contribution in [2.45, 2.75) is 26.9 Å². The van der Waals surface area contributed by atoms with Gasteiger partial charge in [-0.2, -0.15) is 5.10 Å². The van der Waals surface area contributed by atoms with Gasteiger partial charge >= 0.3 is 0 Å². The van der Waals surface area contributed by atoms with Crippen molar-refractivity contribution >= 4 is 17.0 Å². The Morgan fingerprint density at radius 1 is 1.47 bits per heavy atom. The Balaban J connectivity index is 1.93. The fraction of sp³-hybridized carbons (Fsp3) is 0.364. The van der Waals surface area contributed by atoms with E-state index >= 15 is 0 Å². The Kier molecular flexibility index (Phi) is 3.06. The summed E-state index contributed by atoms with van der Waals surface area (Å²) in [6.07, 6.45) is 3.89. The normalized spacial score (nSPS) is 10.5. The monoisotopic (exact) mass is 221 g/mol. The number of thiophene rings is 1. The molecule has 0 aliphatic heterocycles. The molecule has 2 rings (SSSR count). The highest BCUT2D eigenvalue weighted by Crippen LogP contribution is 2.16. The van der Waals surface area contributed by atoms with Crippen LogP contribution in [0, 0.1) is 6.92 Å². The number of aryl methyl sites for hydroxylation is 2. The molecular weight excluding hydrogens is 206 g/mol. The lowest BCUT2D eigenvalue weighted by atomic mass is 10.4. The van der Waals surface area contributed by atoms with Gasteiger partial charge in [0.25, 0.3) is 0 Å². The smallest absolute Gasteiger partial charge is 0.0729 e. The Morgan fingerprint density at radius 3 is 2.93 bits per heavy atom. The zero-order valence-electron chi connectivity index (χ0n) is 9.03. The lowest BCUT2D eigenvalue weighted by Crippen LogP contribution is -1.96. The summed E-state index contributed by atoms with van der Waals surface area (Å²) in [6, 6.07) is 4.31. The molecule has 3 nitrogen and oxygen atoms in total. The predicted molar refractivity (Wildman–Crippen MR) is 64.3 cm³/mol. The topological polar surface area (TPSA) is 29.9 Å². The quantitative estimate of drug-likeness (QED) is 0.860. The summed E-state index contributed by atoms with van der Waals surface area (Å²) in [5, 5.41) is 7.57. The summed E-state index contributed by atoms with van der Waals surface area (Å²) in [5.74, 6) is 0. The van der Waals surface area contributed by atoms with Crippen LogP contribution < -0.4 is 5.32 Å². The molecule has 0 aliphatic carbocycles. The van der Waals surface area contributed by atoms with Crippen molar-refractivity contribution in [3.05, 3.63) is 34.3 Å². The van der Waals surface area contributed by atoms with Crippen LogP contribution in [0.25, 0.3) is 0 Å². The SMILES string of the molecule is CCn1cc(NCc2ccc(C)s2)cn1. The number of nitrogens with zero attached hydrogens (tertiary/aromatic N) is 2. The van der Waals surface area contributed by atoms with Gasteiger partial charge in [-0.05, 0) is 26.0 Å². The molecule has 0 radical (unpaired) electrons. The third-order valence-electron chi connectivity index (χ3n) is 2.22. The summed E-state index contributed by atoms with van der Waals surface area (Å²) in [6.45, 7) is 6.01. The molecule has 0 fully saturated rings. The fourth-order valence-electron chi connectivity index (χ4n) is 1.40. The molecule has 2 aromatic heterocycles. The molecule has 4 heteroatoms. The second-order valence-corrected chi connectivity index (χ2v) is 4.82. The second-order valence-electron chi connectivity index (χ2n) is 3.45. The van der Waals surface area contributed by atoms with Gasteiger partial charge in [0.05, 0.1) is 11.9 Å². The molecule has 0 amide bonds. The van der Waals surface area contributed by atoms with Gasteiger partial charge in [-0.25, -0.2) is 0 Å². The van der Waals surface area contributed by atoms with Gasteiger partial charge in [0.1, 0.15) is 0 Å². The molecule has 0 saturated carbocycles. The van der Waals surface area contributed by atoms with E-state index in [9.17, 15) is 0 Å². The molecule has 0 spiro atoms. The number of rotatable bonds is 4. The molecule has 0 saturated heterocycles. The van der Waals surface area contributed by atoms with Gasteiger partial charge in [-0.15, -0.1) is 11.3 Å². The van der Waals surface area contributed by atoms with Gasteiger partial charge in [-0.3, -0.25) is 4.68 Å². The highest BCUT2D eigenvalue weighted by Gasteiger charge is 1.98. The first-order valence-electron chi connectivity index (χ1n) is 5.09. The molecule has 0 atom stereocenters. The number of nitrogens with one attached hydrogen (secondary N) is 1. The molecular formula is C11H15N3S. The van der Waals surface area contributed by atoms with Crippen LogP contribution >= 0.6 is 11.3 Å². The van der Waals surface area contributed by atoms with E-state index in [1.54, 1.807) is 0 Å². The van der Waals surface area contributed by atoms with Crippen molar-refractivity contribution in [3.63, 3.8) is 0 Å². The summed E-state index contributed by atoms with van der Waals surface area (Å²) >= 11 is 1.83. The highest BCUT2D eigenvalue weighted by atomic mass is 32.1. The van der Waals surface area contributed by atoms with E-state index in [1.807, 2.05) is 28.4 Å². The van der Waals surface area contributed by atoms with Crippen molar-refractivity contribution in [2.75, 3.05) is 5.32 Å². The molecule has 0 bridgehead atoms. The number of aromatic nitrogens is 2. The van der Waals surface area contributed by atoms with Gasteiger partial charge in [0.2, 0.25) is 0 Å². The average molecular weight is 221 g/mol. The van der Waals surface area contributed by atoms with Crippen molar-refractivity contribution in [1.82, 2.24) is 9.78 Å². The number of hydrogen-bond donors (Lipinski definition) is 1. The molecule has 0 aliphatic rings. The maximum Gasteiger partial charge on any atom is 0.0729 e. The fourth-order valence-corrected chi connectivity index (χ4v) is 2.23.